The van der Waals surface area contributed by atoms with Crippen LogP contribution in [0.2, 0.25) is 5.02 Å². The van der Waals surface area contributed by atoms with Crippen molar-refractivity contribution >= 4 is 11.6 Å². The topological polar surface area (TPSA) is 43.2 Å². The third kappa shape index (κ3) is 2.71. The highest BCUT2D eigenvalue weighted by Crippen LogP contribution is 2.59. The minimum atomic E-state index is -1.01. The lowest BCUT2D eigenvalue weighted by atomic mass is 9.91. The van der Waals surface area contributed by atoms with Crippen molar-refractivity contribution in [2.24, 2.45) is 0 Å². The van der Waals surface area contributed by atoms with E-state index in [1.807, 2.05) is 18.2 Å². The van der Waals surface area contributed by atoms with Crippen molar-refractivity contribution in [1.82, 2.24) is 14.8 Å². The van der Waals surface area contributed by atoms with E-state index in [0.29, 0.717) is 10.8 Å². The van der Waals surface area contributed by atoms with Gasteiger partial charge in [0.25, 0.3) is 0 Å². The molecule has 2 atom stereocenters. The predicted octanol–water partition coefficient (Wildman–Crippen LogP) is 4.19. The molecule has 0 saturated carbocycles. The van der Waals surface area contributed by atoms with Crippen LogP contribution >= 0.6 is 11.6 Å². The summed E-state index contributed by atoms with van der Waals surface area (Å²) in [5.41, 5.74) is 0.0145. The molecule has 3 aromatic rings. The number of benzene rings is 2. The van der Waals surface area contributed by atoms with Crippen LogP contribution in [0.15, 0.2) is 48.8 Å². The molecule has 0 amide bonds. The smallest absolute Gasteiger partial charge is 0.147 e. The summed E-state index contributed by atoms with van der Waals surface area (Å²) < 4.78 is 35.5. The van der Waals surface area contributed by atoms with Crippen LogP contribution in [-0.4, -0.2) is 14.8 Å². The van der Waals surface area contributed by atoms with E-state index in [9.17, 15) is 8.78 Å². The summed E-state index contributed by atoms with van der Waals surface area (Å²) in [5, 5.41) is 4.69. The molecule has 1 aliphatic heterocycles. The second-order valence-electron chi connectivity index (χ2n) is 6.00. The van der Waals surface area contributed by atoms with Gasteiger partial charge < -0.3 is 4.74 Å². The van der Waals surface area contributed by atoms with Gasteiger partial charge in [-0.1, -0.05) is 35.9 Å². The molecule has 4 nitrogen and oxygen atoms in total. The number of aromatic nitrogens is 3. The van der Waals surface area contributed by atoms with Crippen LogP contribution in [0.3, 0.4) is 0 Å². The monoisotopic (exact) mass is 361 g/mol. The molecule has 2 unspecified atom stereocenters. The van der Waals surface area contributed by atoms with E-state index in [1.165, 1.54) is 18.5 Å². The van der Waals surface area contributed by atoms with Crippen LogP contribution < -0.4 is 0 Å². The third-order valence-electron chi connectivity index (χ3n) is 4.46. The van der Waals surface area contributed by atoms with Gasteiger partial charge in [0.2, 0.25) is 0 Å². The van der Waals surface area contributed by atoms with Crippen molar-refractivity contribution < 1.29 is 13.5 Å². The van der Waals surface area contributed by atoms with Gasteiger partial charge in [-0.2, -0.15) is 5.10 Å². The van der Waals surface area contributed by atoms with Crippen molar-refractivity contribution in [2.45, 2.75) is 25.2 Å². The van der Waals surface area contributed by atoms with Crippen molar-refractivity contribution in [2.75, 3.05) is 0 Å². The van der Waals surface area contributed by atoms with Crippen LogP contribution in [0.1, 0.15) is 23.1 Å². The Hall–Kier alpha value is -2.31. The van der Waals surface area contributed by atoms with Crippen molar-refractivity contribution in [3.8, 4) is 0 Å². The van der Waals surface area contributed by atoms with Crippen LogP contribution in [0.4, 0.5) is 8.78 Å². The molecule has 2 heterocycles. The number of ether oxygens (including phenoxy) is 1. The van der Waals surface area contributed by atoms with Gasteiger partial charge >= 0.3 is 0 Å². The van der Waals surface area contributed by atoms with Crippen LogP contribution in [-0.2, 0) is 16.9 Å². The molecular formula is C18H14ClF2N3O. The summed E-state index contributed by atoms with van der Waals surface area (Å²) >= 11 is 6.28. The second-order valence-corrected chi connectivity index (χ2v) is 6.41. The number of halogens is 3. The number of hydrogen-bond donors (Lipinski definition) is 0. The Kier molecular flexibility index (Phi) is 3.81. The maximum Gasteiger partial charge on any atom is 0.147 e. The zero-order chi connectivity index (χ0) is 17.6. The Morgan fingerprint density at radius 3 is 2.72 bits per heavy atom. The minimum absolute atomic E-state index is 0.247. The summed E-state index contributed by atoms with van der Waals surface area (Å²) in [5.74, 6) is -0.620. The number of nitrogens with zero attached hydrogens (tertiary/aromatic N) is 3. The molecule has 0 N–H and O–H groups in total. The van der Waals surface area contributed by atoms with Gasteiger partial charge in [0, 0.05) is 22.2 Å². The minimum Gasteiger partial charge on any atom is -0.354 e. The van der Waals surface area contributed by atoms with Gasteiger partial charge in [-0.25, -0.2) is 18.4 Å². The van der Waals surface area contributed by atoms with Crippen LogP contribution in [0.25, 0.3) is 0 Å². The first-order valence-electron chi connectivity index (χ1n) is 7.73. The van der Waals surface area contributed by atoms with Crippen LogP contribution in [0, 0.1) is 18.6 Å². The van der Waals surface area contributed by atoms with Crippen LogP contribution in [0.5, 0.6) is 0 Å². The quantitative estimate of drug-likeness (QED) is 0.654. The Balaban J connectivity index is 1.80. The predicted molar refractivity (Wildman–Crippen MR) is 88.1 cm³/mol. The van der Waals surface area contributed by atoms with E-state index in [2.05, 4.69) is 10.1 Å². The summed E-state index contributed by atoms with van der Waals surface area (Å²) in [7, 11) is 0. The van der Waals surface area contributed by atoms with E-state index >= 15 is 0 Å². The number of rotatable bonds is 4. The van der Waals surface area contributed by atoms with E-state index in [-0.39, 0.29) is 12.1 Å². The summed E-state index contributed by atoms with van der Waals surface area (Å²) in [6, 6.07) is 10.7. The molecule has 1 fully saturated rings. The zero-order valence-corrected chi connectivity index (χ0v) is 14.0. The molecule has 0 radical (unpaired) electrons. The lowest BCUT2D eigenvalue weighted by molar-refractivity contribution is 0.255. The Bertz CT molecular complexity index is 946. The maximum atomic E-state index is 14.5. The molecule has 0 bridgehead atoms. The standard InChI is InChI=1S/C18H14ClF2N3O/c1-11-22-10-23-24(11)9-18(14-7-6-12(20)8-16(14)21)17(25-18)13-4-2-3-5-15(13)19/h2-8,10,17H,9H2,1H3. The molecule has 0 aliphatic carbocycles. The molecule has 4 rings (SSSR count). The molecule has 2 aromatic carbocycles. The zero-order valence-electron chi connectivity index (χ0n) is 13.3. The van der Waals surface area contributed by atoms with Crippen molar-refractivity contribution in [3.63, 3.8) is 0 Å². The average molecular weight is 362 g/mol. The van der Waals surface area contributed by atoms with Gasteiger partial charge in [-0.3, -0.25) is 0 Å². The molecule has 1 aliphatic rings. The fourth-order valence-electron chi connectivity index (χ4n) is 3.12. The average Bonchev–Trinajstić information content (AvgIpc) is 3.14. The van der Waals surface area contributed by atoms with E-state index in [4.69, 9.17) is 16.3 Å². The first-order chi connectivity index (χ1) is 12.0. The highest BCUT2D eigenvalue weighted by molar-refractivity contribution is 6.31. The summed E-state index contributed by atoms with van der Waals surface area (Å²) in [4.78, 5) is 4.09. The fraction of sp³-hybridized carbons (Fsp3) is 0.222. The lowest BCUT2D eigenvalue weighted by Crippen LogP contribution is -2.22. The fourth-order valence-corrected chi connectivity index (χ4v) is 3.36. The van der Waals surface area contributed by atoms with Crippen molar-refractivity contribution in [3.05, 3.63) is 82.4 Å². The largest absolute Gasteiger partial charge is 0.354 e. The Labute approximate surface area is 148 Å². The normalized spacial score (nSPS) is 22.2. The van der Waals surface area contributed by atoms with E-state index < -0.39 is 23.3 Å². The first-order valence-corrected chi connectivity index (χ1v) is 8.11. The number of aryl methyl sites for hydroxylation is 1. The molecule has 7 heteroatoms. The van der Waals surface area contributed by atoms with Gasteiger partial charge in [-0.05, 0) is 19.1 Å². The lowest BCUT2D eigenvalue weighted by Gasteiger charge is -2.16. The highest BCUT2D eigenvalue weighted by Gasteiger charge is 2.60. The Morgan fingerprint density at radius 1 is 1.24 bits per heavy atom. The highest BCUT2D eigenvalue weighted by atomic mass is 35.5. The molecular weight excluding hydrogens is 348 g/mol. The SMILES string of the molecule is Cc1ncnn1CC1(c2ccc(F)cc2F)OC1c1ccccc1Cl. The molecule has 25 heavy (non-hydrogen) atoms. The number of hydrogen-bond acceptors (Lipinski definition) is 3. The molecule has 0 spiro atoms. The van der Waals surface area contributed by atoms with Gasteiger partial charge in [-0.15, -0.1) is 0 Å². The third-order valence-corrected chi connectivity index (χ3v) is 4.81. The van der Waals surface area contributed by atoms with Crippen molar-refractivity contribution in [1.29, 1.82) is 0 Å². The second kappa shape index (κ2) is 5.89. The molecule has 1 aromatic heterocycles. The first kappa shape index (κ1) is 16.2. The number of epoxide rings is 1. The molecule has 1 saturated heterocycles. The van der Waals surface area contributed by atoms with Gasteiger partial charge in [0.05, 0.1) is 6.54 Å². The summed E-state index contributed by atoms with van der Waals surface area (Å²) in [6.07, 6.45) is 0.974. The van der Waals surface area contributed by atoms with Gasteiger partial charge in [0.1, 0.15) is 35.5 Å². The van der Waals surface area contributed by atoms with Gasteiger partial charge in [0.15, 0.2) is 0 Å². The Morgan fingerprint density at radius 2 is 2.04 bits per heavy atom. The molecule has 128 valence electrons. The van der Waals surface area contributed by atoms with E-state index in [0.717, 1.165) is 11.6 Å². The maximum absolute atomic E-state index is 14.5. The summed E-state index contributed by atoms with van der Waals surface area (Å²) in [6.45, 7) is 2.05. The van der Waals surface area contributed by atoms with E-state index in [1.54, 1.807) is 17.7 Å².